The maximum absolute atomic E-state index is 13.1. The van der Waals surface area contributed by atoms with Crippen LogP contribution in [0.25, 0.3) is 11.4 Å². The van der Waals surface area contributed by atoms with E-state index in [1.165, 1.54) is 101 Å². The second-order valence-electron chi connectivity index (χ2n) is 9.26. The van der Waals surface area contributed by atoms with Gasteiger partial charge in [-0.2, -0.15) is 0 Å². The highest BCUT2D eigenvalue weighted by Gasteiger charge is 2.20. The van der Waals surface area contributed by atoms with Crippen LogP contribution in [-0.2, 0) is 6.42 Å². The predicted molar refractivity (Wildman–Crippen MR) is 124 cm³/mol. The van der Waals surface area contributed by atoms with Crippen LogP contribution in [0.5, 0.6) is 0 Å². The van der Waals surface area contributed by atoms with Gasteiger partial charge in [0.2, 0.25) is 0 Å². The van der Waals surface area contributed by atoms with Gasteiger partial charge in [-0.3, -0.25) is 0 Å². The molecule has 0 spiro atoms. The summed E-state index contributed by atoms with van der Waals surface area (Å²) in [7, 11) is 0. The quantitative estimate of drug-likeness (QED) is 0.330. The van der Waals surface area contributed by atoms with Crippen molar-refractivity contribution in [2.45, 2.75) is 96.8 Å². The minimum absolute atomic E-state index is 0.229. The van der Waals surface area contributed by atoms with Crippen molar-refractivity contribution in [2.24, 2.45) is 11.8 Å². The van der Waals surface area contributed by atoms with E-state index < -0.39 is 0 Å². The van der Waals surface area contributed by atoms with Gasteiger partial charge in [-0.15, -0.1) is 0 Å². The van der Waals surface area contributed by atoms with Gasteiger partial charge < -0.3 is 0 Å². The molecule has 1 aliphatic rings. The zero-order valence-electron chi connectivity index (χ0n) is 18.8. The molecular weight excluding hydrogens is 371 g/mol. The average molecular weight is 411 g/mol. The van der Waals surface area contributed by atoms with Crippen LogP contribution in [-0.4, -0.2) is 9.97 Å². The van der Waals surface area contributed by atoms with Crippen molar-refractivity contribution >= 4 is 0 Å². The third-order valence-corrected chi connectivity index (χ3v) is 6.83. The summed E-state index contributed by atoms with van der Waals surface area (Å²) in [6.07, 6.45) is 23.3. The average Bonchev–Trinajstić information content (AvgIpc) is 2.79. The molecule has 1 aromatic carbocycles. The van der Waals surface area contributed by atoms with E-state index in [1.807, 2.05) is 12.4 Å². The second kappa shape index (κ2) is 12.8. The molecule has 1 aromatic heterocycles. The number of rotatable bonds is 12. The normalized spacial score (nSPS) is 19.1. The minimum Gasteiger partial charge on any atom is -0.236 e. The summed E-state index contributed by atoms with van der Waals surface area (Å²) in [6.45, 7) is 2.29. The Morgan fingerprint density at radius 2 is 1.33 bits per heavy atom. The summed E-state index contributed by atoms with van der Waals surface area (Å²) >= 11 is 0. The Morgan fingerprint density at radius 1 is 0.767 bits per heavy atom. The van der Waals surface area contributed by atoms with E-state index in [0.717, 1.165) is 23.8 Å². The SMILES string of the molecule is CCCCCCCCCC1CCC(CCc2cnc(-c3ccc(F)cc3)nc2)CC1. The van der Waals surface area contributed by atoms with E-state index in [-0.39, 0.29) is 5.82 Å². The molecule has 30 heavy (non-hydrogen) atoms. The fourth-order valence-corrected chi connectivity index (χ4v) is 4.80. The summed E-state index contributed by atoms with van der Waals surface area (Å²) < 4.78 is 13.1. The Hall–Kier alpha value is -1.77. The Morgan fingerprint density at radius 3 is 1.97 bits per heavy atom. The summed E-state index contributed by atoms with van der Waals surface area (Å²) in [5, 5.41) is 0. The van der Waals surface area contributed by atoms with Crippen molar-refractivity contribution in [3.8, 4) is 11.4 Å². The Balaban J connectivity index is 1.29. The van der Waals surface area contributed by atoms with Gasteiger partial charge in [0, 0.05) is 18.0 Å². The van der Waals surface area contributed by atoms with Gasteiger partial charge in [0.25, 0.3) is 0 Å². The van der Waals surface area contributed by atoms with Crippen LogP contribution in [0.2, 0.25) is 0 Å². The molecule has 0 N–H and O–H groups in total. The summed E-state index contributed by atoms with van der Waals surface area (Å²) in [4.78, 5) is 8.97. The molecule has 2 aromatic rings. The molecule has 1 aliphatic carbocycles. The summed E-state index contributed by atoms with van der Waals surface area (Å²) in [6, 6.07) is 6.37. The van der Waals surface area contributed by atoms with Gasteiger partial charge >= 0.3 is 0 Å². The lowest BCUT2D eigenvalue weighted by atomic mass is 9.78. The number of aryl methyl sites for hydroxylation is 1. The zero-order chi connectivity index (χ0) is 21.0. The Labute approximate surface area is 182 Å². The maximum atomic E-state index is 13.1. The van der Waals surface area contributed by atoms with Crippen LogP contribution in [0.3, 0.4) is 0 Å². The van der Waals surface area contributed by atoms with Gasteiger partial charge in [0.15, 0.2) is 5.82 Å². The van der Waals surface area contributed by atoms with Crippen LogP contribution in [0.15, 0.2) is 36.7 Å². The third-order valence-electron chi connectivity index (χ3n) is 6.83. The number of unbranched alkanes of at least 4 members (excludes halogenated alkanes) is 6. The van der Waals surface area contributed by atoms with E-state index >= 15 is 0 Å². The van der Waals surface area contributed by atoms with E-state index in [0.29, 0.717) is 5.82 Å². The van der Waals surface area contributed by atoms with Crippen molar-refractivity contribution in [1.82, 2.24) is 9.97 Å². The second-order valence-corrected chi connectivity index (χ2v) is 9.26. The fraction of sp³-hybridized carbons (Fsp3) is 0.630. The molecule has 1 saturated carbocycles. The highest BCUT2D eigenvalue weighted by Crippen LogP contribution is 2.34. The molecule has 3 heteroatoms. The number of benzene rings is 1. The molecule has 0 aliphatic heterocycles. The first-order valence-electron chi connectivity index (χ1n) is 12.3. The third kappa shape index (κ3) is 7.81. The smallest absolute Gasteiger partial charge is 0.159 e. The topological polar surface area (TPSA) is 25.8 Å². The Bertz CT molecular complexity index is 703. The first-order valence-corrected chi connectivity index (χ1v) is 12.3. The largest absolute Gasteiger partial charge is 0.236 e. The van der Waals surface area contributed by atoms with Crippen LogP contribution >= 0.6 is 0 Å². The highest BCUT2D eigenvalue weighted by atomic mass is 19.1. The number of halogens is 1. The number of aromatic nitrogens is 2. The summed E-state index contributed by atoms with van der Waals surface area (Å²) in [5.74, 6) is 2.29. The lowest BCUT2D eigenvalue weighted by molar-refractivity contribution is 0.248. The van der Waals surface area contributed by atoms with Gasteiger partial charge in [-0.25, -0.2) is 14.4 Å². The lowest BCUT2D eigenvalue weighted by Gasteiger charge is -2.28. The van der Waals surface area contributed by atoms with Crippen molar-refractivity contribution < 1.29 is 4.39 Å². The fourth-order valence-electron chi connectivity index (χ4n) is 4.80. The van der Waals surface area contributed by atoms with Crippen LogP contribution in [0.1, 0.15) is 96.0 Å². The van der Waals surface area contributed by atoms with Crippen molar-refractivity contribution in [3.05, 3.63) is 48.0 Å². The zero-order valence-corrected chi connectivity index (χ0v) is 18.8. The Kier molecular flexibility index (Phi) is 9.79. The van der Waals surface area contributed by atoms with Gasteiger partial charge in [-0.05, 0) is 54.5 Å². The highest BCUT2D eigenvalue weighted by molar-refractivity contribution is 5.54. The molecule has 0 bridgehead atoms. The van der Waals surface area contributed by atoms with Crippen molar-refractivity contribution in [2.75, 3.05) is 0 Å². The molecular formula is C27H39FN2. The van der Waals surface area contributed by atoms with Gasteiger partial charge in [0.05, 0.1) is 0 Å². The molecule has 0 radical (unpaired) electrons. The minimum atomic E-state index is -0.229. The number of hydrogen-bond acceptors (Lipinski definition) is 2. The maximum Gasteiger partial charge on any atom is 0.159 e. The van der Waals surface area contributed by atoms with E-state index in [1.54, 1.807) is 12.1 Å². The summed E-state index contributed by atoms with van der Waals surface area (Å²) in [5.41, 5.74) is 2.08. The molecule has 0 amide bonds. The monoisotopic (exact) mass is 410 g/mol. The first-order chi connectivity index (χ1) is 14.7. The number of hydrogen-bond donors (Lipinski definition) is 0. The van der Waals surface area contributed by atoms with E-state index in [2.05, 4.69) is 16.9 Å². The van der Waals surface area contributed by atoms with Crippen LogP contribution in [0.4, 0.5) is 4.39 Å². The molecule has 0 saturated heterocycles. The molecule has 0 unspecified atom stereocenters. The molecule has 0 atom stereocenters. The van der Waals surface area contributed by atoms with Crippen molar-refractivity contribution in [1.29, 1.82) is 0 Å². The molecule has 3 rings (SSSR count). The standard InChI is InChI=1S/C27H39FN2/c1-2-3-4-5-6-7-8-9-22-10-12-23(13-11-22)14-15-24-20-29-27(30-21-24)25-16-18-26(28)19-17-25/h16-23H,2-15H2,1H3. The molecule has 1 heterocycles. The molecule has 164 valence electrons. The van der Waals surface area contributed by atoms with Crippen molar-refractivity contribution in [3.63, 3.8) is 0 Å². The molecule has 1 fully saturated rings. The van der Waals surface area contributed by atoms with Crippen LogP contribution < -0.4 is 0 Å². The van der Waals surface area contributed by atoms with Gasteiger partial charge in [0.1, 0.15) is 5.82 Å². The number of nitrogens with zero attached hydrogens (tertiary/aromatic N) is 2. The molecule has 2 nitrogen and oxygen atoms in total. The van der Waals surface area contributed by atoms with Gasteiger partial charge in [-0.1, -0.05) is 84.0 Å². The van der Waals surface area contributed by atoms with E-state index in [9.17, 15) is 4.39 Å². The predicted octanol–water partition coefficient (Wildman–Crippen LogP) is 8.16. The van der Waals surface area contributed by atoms with E-state index in [4.69, 9.17) is 0 Å². The van der Waals surface area contributed by atoms with Crippen LogP contribution in [0, 0.1) is 17.7 Å². The lowest BCUT2D eigenvalue weighted by Crippen LogP contribution is -2.15. The first kappa shape index (κ1) is 22.9.